The quantitative estimate of drug-likeness (QED) is 0.365. The van der Waals surface area contributed by atoms with Gasteiger partial charge in [-0.05, 0) is 66.3 Å². The van der Waals surface area contributed by atoms with Gasteiger partial charge in [-0.2, -0.15) is 0 Å². The Kier molecular flexibility index (Phi) is 8.64. The van der Waals surface area contributed by atoms with Crippen molar-refractivity contribution >= 4 is 46.6 Å². The lowest BCUT2D eigenvalue weighted by molar-refractivity contribution is -0.115. The van der Waals surface area contributed by atoms with Gasteiger partial charge in [0, 0.05) is 16.5 Å². The fourth-order valence-corrected chi connectivity index (χ4v) is 2.80. The summed E-state index contributed by atoms with van der Waals surface area (Å²) in [6.07, 6.45) is 4.03. The van der Waals surface area contributed by atoms with Crippen molar-refractivity contribution in [3.8, 4) is 5.75 Å². The van der Waals surface area contributed by atoms with Crippen LogP contribution in [-0.4, -0.2) is 23.5 Å². The molecule has 28 heavy (non-hydrogen) atoms. The Morgan fingerprint density at radius 3 is 2.57 bits per heavy atom. The SMILES string of the molecule is CC(C)CCOc1ccc(C(=O)NNC(=S)NC(=O)C=Cc2cccs2)cc1. The fraction of sp³-hybridized carbons (Fsp3) is 0.250. The molecule has 6 nitrogen and oxygen atoms in total. The normalized spacial score (nSPS) is 10.7. The van der Waals surface area contributed by atoms with Crippen molar-refractivity contribution < 1.29 is 14.3 Å². The maximum absolute atomic E-state index is 12.1. The minimum atomic E-state index is -0.386. The zero-order valence-electron chi connectivity index (χ0n) is 15.7. The highest BCUT2D eigenvalue weighted by Gasteiger charge is 2.07. The molecule has 2 rings (SSSR count). The van der Waals surface area contributed by atoms with Crippen LogP contribution in [0.25, 0.3) is 6.08 Å². The monoisotopic (exact) mass is 417 g/mol. The van der Waals surface area contributed by atoms with E-state index in [2.05, 4.69) is 30.0 Å². The van der Waals surface area contributed by atoms with Gasteiger partial charge in [0.1, 0.15) is 5.75 Å². The van der Waals surface area contributed by atoms with Crippen molar-refractivity contribution in [2.75, 3.05) is 6.61 Å². The molecule has 0 aliphatic heterocycles. The zero-order valence-corrected chi connectivity index (χ0v) is 17.4. The molecule has 1 aromatic heterocycles. The highest BCUT2D eigenvalue weighted by Crippen LogP contribution is 2.13. The number of nitrogens with one attached hydrogen (secondary N) is 3. The van der Waals surface area contributed by atoms with Crippen LogP contribution < -0.4 is 20.9 Å². The predicted molar refractivity (Wildman–Crippen MR) is 116 cm³/mol. The highest BCUT2D eigenvalue weighted by atomic mass is 32.1. The molecule has 148 valence electrons. The summed E-state index contributed by atoms with van der Waals surface area (Å²) in [4.78, 5) is 24.9. The number of thiophene rings is 1. The number of benzene rings is 1. The number of carbonyl (C=O) groups excluding carboxylic acids is 2. The second-order valence-electron chi connectivity index (χ2n) is 6.30. The van der Waals surface area contributed by atoms with E-state index in [0.29, 0.717) is 23.8 Å². The summed E-state index contributed by atoms with van der Waals surface area (Å²) >= 11 is 6.51. The molecule has 0 aliphatic carbocycles. The number of rotatable bonds is 7. The number of ether oxygens (including phenoxy) is 1. The van der Waals surface area contributed by atoms with Gasteiger partial charge < -0.3 is 4.74 Å². The molecule has 1 aromatic carbocycles. The molecule has 2 aromatic rings. The predicted octanol–water partition coefficient (Wildman–Crippen LogP) is 3.52. The van der Waals surface area contributed by atoms with Crippen LogP contribution in [0.1, 0.15) is 35.5 Å². The van der Waals surface area contributed by atoms with E-state index in [1.54, 1.807) is 30.3 Å². The van der Waals surface area contributed by atoms with Crippen LogP contribution >= 0.6 is 23.6 Å². The van der Waals surface area contributed by atoms with Gasteiger partial charge in [-0.1, -0.05) is 19.9 Å². The van der Waals surface area contributed by atoms with E-state index < -0.39 is 0 Å². The van der Waals surface area contributed by atoms with Gasteiger partial charge in [-0.15, -0.1) is 11.3 Å². The number of hydrogen-bond acceptors (Lipinski definition) is 5. The van der Waals surface area contributed by atoms with Crippen LogP contribution in [0.4, 0.5) is 0 Å². The first-order valence-electron chi connectivity index (χ1n) is 8.80. The lowest BCUT2D eigenvalue weighted by Gasteiger charge is -2.11. The Morgan fingerprint density at radius 2 is 1.93 bits per heavy atom. The second-order valence-corrected chi connectivity index (χ2v) is 7.69. The van der Waals surface area contributed by atoms with Crippen molar-refractivity contribution in [1.82, 2.24) is 16.2 Å². The number of thiocarbonyl (C=S) groups is 1. The van der Waals surface area contributed by atoms with Crippen molar-refractivity contribution in [3.63, 3.8) is 0 Å². The van der Waals surface area contributed by atoms with Gasteiger partial charge in [0.2, 0.25) is 5.91 Å². The topological polar surface area (TPSA) is 79.5 Å². The third kappa shape index (κ3) is 7.89. The molecule has 0 unspecified atom stereocenters. The van der Waals surface area contributed by atoms with Crippen LogP contribution in [0.5, 0.6) is 5.75 Å². The number of carbonyl (C=O) groups is 2. The molecule has 0 saturated carbocycles. The van der Waals surface area contributed by atoms with E-state index in [-0.39, 0.29) is 16.9 Å². The van der Waals surface area contributed by atoms with Crippen molar-refractivity contribution in [1.29, 1.82) is 0 Å². The van der Waals surface area contributed by atoms with E-state index in [1.807, 2.05) is 17.5 Å². The third-order valence-corrected chi connectivity index (χ3v) is 4.59. The van der Waals surface area contributed by atoms with Gasteiger partial charge in [-0.3, -0.25) is 25.8 Å². The molecule has 0 aliphatic rings. The van der Waals surface area contributed by atoms with Gasteiger partial charge in [0.25, 0.3) is 5.91 Å². The summed E-state index contributed by atoms with van der Waals surface area (Å²) in [6, 6.07) is 10.6. The number of amides is 2. The Hall–Kier alpha value is -2.71. The van der Waals surface area contributed by atoms with E-state index >= 15 is 0 Å². The molecule has 0 spiro atoms. The molecule has 0 atom stereocenters. The maximum Gasteiger partial charge on any atom is 0.269 e. The molecule has 0 fully saturated rings. The lowest BCUT2D eigenvalue weighted by Crippen LogP contribution is -2.48. The third-order valence-electron chi connectivity index (χ3n) is 3.55. The molecule has 1 heterocycles. The maximum atomic E-state index is 12.1. The molecule has 0 radical (unpaired) electrons. The van der Waals surface area contributed by atoms with E-state index in [0.717, 1.165) is 11.3 Å². The van der Waals surface area contributed by atoms with Crippen molar-refractivity contribution in [2.24, 2.45) is 5.92 Å². The summed E-state index contributed by atoms with van der Waals surface area (Å²) in [7, 11) is 0. The molecular weight excluding hydrogens is 394 g/mol. The average Bonchev–Trinajstić information content (AvgIpc) is 3.18. The first kappa shape index (κ1) is 21.6. The minimum absolute atomic E-state index is 0.00261. The van der Waals surface area contributed by atoms with Crippen molar-refractivity contribution in [3.05, 3.63) is 58.3 Å². The minimum Gasteiger partial charge on any atom is -0.494 e. The van der Waals surface area contributed by atoms with Crippen LogP contribution in [0.3, 0.4) is 0 Å². The summed E-state index contributed by atoms with van der Waals surface area (Å²) < 4.78 is 5.62. The Balaban J connectivity index is 1.73. The van der Waals surface area contributed by atoms with Gasteiger partial charge in [-0.25, -0.2) is 0 Å². The largest absolute Gasteiger partial charge is 0.494 e. The van der Waals surface area contributed by atoms with E-state index in [4.69, 9.17) is 17.0 Å². The molecule has 3 N–H and O–H groups in total. The fourth-order valence-electron chi connectivity index (χ4n) is 2.03. The summed E-state index contributed by atoms with van der Waals surface area (Å²) in [5.74, 6) is 0.527. The van der Waals surface area contributed by atoms with Gasteiger partial charge in [0.15, 0.2) is 5.11 Å². The lowest BCUT2D eigenvalue weighted by atomic mass is 10.1. The first-order valence-corrected chi connectivity index (χ1v) is 10.1. The molecule has 0 saturated heterocycles. The number of hydrazine groups is 1. The summed E-state index contributed by atoms with van der Waals surface area (Å²) in [5.41, 5.74) is 5.39. The zero-order chi connectivity index (χ0) is 20.4. The number of hydrogen-bond donors (Lipinski definition) is 3. The van der Waals surface area contributed by atoms with Crippen LogP contribution in [0, 0.1) is 5.92 Å². The van der Waals surface area contributed by atoms with E-state index in [9.17, 15) is 9.59 Å². The molecule has 8 heteroatoms. The Morgan fingerprint density at radius 1 is 1.18 bits per heavy atom. The Bertz CT molecular complexity index is 816. The van der Waals surface area contributed by atoms with Crippen LogP contribution in [0.15, 0.2) is 47.9 Å². The average molecular weight is 418 g/mol. The van der Waals surface area contributed by atoms with Crippen molar-refractivity contribution in [2.45, 2.75) is 20.3 Å². The van der Waals surface area contributed by atoms with Crippen LogP contribution in [-0.2, 0) is 4.79 Å². The molecule has 0 bridgehead atoms. The second kappa shape index (κ2) is 11.2. The smallest absolute Gasteiger partial charge is 0.269 e. The van der Waals surface area contributed by atoms with Crippen LogP contribution in [0.2, 0.25) is 0 Å². The molecule has 2 amide bonds. The standard InChI is InChI=1S/C20H23N3O3S2/c1-14(2)11-12-26-16-7-5-15(6-8-16)19(25)22-23-20(27)21-18(24)10-9-17-4-3-13-28-17/h3-10,13-14H,11-12H2,1-2H3,(H,22,25)(H2,21,23,24,27). The summed E-state index contributed by atoms with van der Waals surface area (Å²) in [6.45, 7) is 4.91. The summed E-state index contributed by atoms with van der Waals surface area (Å²) in [5, 5.41) is 4.38. The molecular formula is C20H23N3O3S2. The first-order chi connectivity index (χ1) is 13.4. The van der Waals surface area contributed by atoms with Gasteiger partial charge >= 0.3 is 0 Å². The van der Waals surface area contributed by atoms with Gasteiger partial charge in [0.05, 0.1) is 6.61 Å². The van der Waals surface area contributed by atoms with E-state index in [1.165, 1.54) is 17.4 Å². The highest BCUT2D eigenvalue weighted by molar-refractivity contribution is 7.80. The Labute approximate surface area is 174 Å².